The number of nitrogens with two attached hydrogens (primary N) is 1. The number of aromatic nitrogens is 1. The van der Waals surface area contributed by atoms with E-state index in [9.17, 15) is 0 Å². The van der Waals surface area contributed by atoms with Crippen LogP contribution in [0.25, 0.3) is 11.3 Å². The number of hydrogen-bond acceptors (Lipinski definition) is 3. The molecule has 15 heavy (non-hydrogen) atoms. The minimum atomic E-state index is 0.656. The molecule has 2 rings (SSSR count). The van der Waals surface area contributed by atoms with Gasteiger partial charge < -0.3 is 5.73 Å². The molecule has 0 atom stereocenters. The largest absolute Gasteiger partial charge is 0.375 e. The number of nitrogen functional groups attached to an aromatic ring is 1. The van der Waals surface area contributed by atoms with Crippen LogP contribution < -0.4 is 5.73 Å². The second kappa shape index (κ2) is 4.03. The van der Waals surface area contributed by atoms with Gasteiger partial charge in [0.15, 0.2) is 5.13 Å². The molecule has 0 unspecified atom stereocenters. The minimum Gasteiger partial charge on any atom is -0.375 e. The van der Waals surface area contributed by atoms with Crippen LogP contribution in [0.1, 0.15) is 17.4 Å². The number of nitrogens with zero attached hydrogens (tertiary/aromatic N) is 1. The smallest absolute Gasteiger partial charge is 0.180 e. The number of thiazole rings is 1. The van der Waals surface area contributed by atoms with Crippen molar-refractivity contribution in [1.82, 2.24) is 4.98 Å². The molecule has 0 amide bonds. The van der Waals surface area contributed by atoms with Crippen LogP contribution >= 0.6 is 11.3 Å². The van der Waals surface area contributed by atoms with Gasteiger partial charge in [-0.2, -0.15) is 0 Å². The van der Waals surface area contributed by atoms with Crippen molar-refractivity contribution < 1.29 is 0 Å². The van der Waals surface area contributed by atoms with Crippen molar-refractivity contribution in [3.8, 4) is 11.3 Å². The van der Waals surface area contributed by atoms with Crippen LogP contribution in [0.15, 0.2) is 24.3 Å². The summed E-state index contributed by atoms with van der Waals surface area (Å²) in [6, 6.07) is 8.37. The van der Waals surface area contributed by atoms with Crippen molar-refractivity contribution in [3.63, 3.8) is 0 Å². The van der Waals surface area contributed by atoms with Gasteiger partial charge in [0.2, 0.25) is 0 Å². The summed E-state index contributed by atoms with van der Waals surface area (Å²) < 4.78 is 0. The van der Waals surface area contributed by atoms with Crippen LogP contribution in [0.2, 0.25) is 0 Å². The van der Waals surface area contributed by atoms with Gasteiger partial charge in [0.25, 0.3) is 0 Å². The van der Waals surface area contributed by atoms with Crippen molar-refractivity contribution in [2.24, 2.45) is 0 Å². The molecular weight excluding hydrogens is 204 g/mol. The summed E-state index contributed by atoms with van der Waals surface area (Å²) in [6.07, 6.45) is 0.984. The lowest BCUT2D eigenvalue weighted by atomic mass is 10.1. The number of anilines is 1. The summed E-state index contributed by atoms with van der Waals surface area (Å²) in [5.41, 5.74) is 9.20. The average molecular weight is 218 g/mol. The maximum atomic E-state index is 5.74. The Kier molecular flexibility index (Phi) is 2.73. The van der Waals surface area contributed by atoms with Gasteiger partial charge >= 0.3 is 0 Å². The van der Waals surface area contributed by atoms with E-state index in [4.69, 9.17) is 5.73 Å². The molecule has 0 aliphatic rings. The van der Waals surface area contributed by atoms with E-state index < -0.39 is 0 Å². The van der Waals surface area contributed by atoms with Crippen molar-refractivity contribution in [2.75, 3.05) is 5.73 Å². The zero-order chi connectivity index (χ0) is 10.8. The van der Waals surface area contributed by atoms with Gasteiger partial charge in [-0.05, 0) is 19.4 Å². The number of rotatable bonds is 2. The molecule has 0 saturated carbocycles. The molecule has 0 bridgehead atoms. The molecular formula is C12H14N2S. The van der Waals surface area contributed by atoms with E-state index >= 15 is 0 Å². The Labute approximate surface area is 93.8 Å². The summed E-state index contributed by atoms with van der Waals surface area (Å²) in [7, 11) is 0. The zero-order valence-electron chi connectivity index (χ0n) is 8.95. The normalized spacial score (nSPS) is 10.5. The summed E-state index contributed by atoms with van der Waals surface area (Å²) in [5.74, 6) is 0. The lowest BCUT2D eigenvalue weighted by Crippen LogP contribution is -1.85. The van der Waals surface area contributed by atoms with Crippen LogP contribution in [0.4, 0.5) is 5.13 Å². The first-order valence-electron chi connectivity index (χ1n) is 5.03. The van der Waals surface area contributed by atoms with Crippen LogP contribution in [0.5, 0.6) is 0 Å². The first-order chi connectivity index (χ1) is 7.20. The van der Waals surface area contributed by atoms with E-state index in [2.05, 4.69) is 43.1 Å². The topological polar surface area (TPSA) is 38.9 Å². The van der Waals surface area contributed by atoms with Gasteiger partial charge in [-0.25, -0.2) is 4.98 Å². The molecule has 3 heteroatoms. The minimum absolute atomic E-state index is 0.656. The summed E-state index contributed by atoms with van der Waals surface area (Å²) in [4.78, 5) is 5.65. The van der Waals surface area contributed by atoms with Gasteiger partial charge in [0.1, 0.15) is 0 Å². The molecule has 78 valence electrons. The Morgan fingerprint density at radius 2 is 2.20 bits per heavy atom. The summed E-state index contributed by atoms with van der Waals surface area (Å²) in [5, 5.41) is 0.656. The van der Waals surface area contributed by atoms with Gasteiger partial charge in [0, 0.05) is 10.4 Å². The fourth-order valence-electron chi connectivity index (χ4n) is 1.63. The summed E-state index contributed by atoms with van der Waals surface area (Å²) in [6.45, 7) is 4.22. The lowest BCUT2D eigenvalue weighted by molar-refractivity contribution is 1.17. The Balaban J connectivity index is 2.53. The average Bonchev–Trinajstić information content (AvgIpc) is 2.59. The van der Waals surface area contributed by atoms with Gasteiger partial charge in [-0.3, -0.25) is 0 Å². The molecule has 1 heterocycles. The molecule has 0 fully saturated rings. The first-order valence-corrected chi connectivity index (χ1v) is 5.84. The maximum Gasteiger partial charge on any atom is 0.180 e. The molecule has 1 aromatic heterocycles. The fraction of sp³-hybridized carbons (Fsp3) is 0.250. The molecule has 0 spiro atoms. The Morgan fingerprint density at radius 1 is 1.40 bits per heavy atom. The van der Waals surface area contributed by atoms with E-state index in [1.165, 1.54) is 16.0 Å². The number of hydrogen-bond donors (Lipinski definition) is 1. The maximum absolute atomic E-state index is 5.74. The number of benzene rings is 1. The molecule has 2 aromatic rings. The van der Waals surface area contributed by atoms with E-state index in [0.717, 1.165) is 12.1 Å². The lowest BCUT2D eigenvalue weighted by Gasteiger charge is -2.00. The summed E-state index contributed by atoms with van der Waals surface area (Å²) >= 11 is 1.58. The van der Waals surface area contributed by atoms with Crippen LogP contribution in [-0.2, 0) is 6.42 Å². The molecule has 2 nitrogen and oxygen atoms in total. The third-order valence-corrected chi connectivity index (χ3v) is 3.36. The predicted octanol–water partition coefficient (Wildman–Crippen LogP) is 3.26. The number of aryl methyl sites for hydroxylation is 2. The monoisotopic (exact) mass is 218 g/mol. The van der Waals surface area contributed by atoms with Gasteiger partial charge in [-0.15, -0.1) is 11.3 Å². The highest BCUT2D eigenvalue weighted by Gasteiger charge is 2.09. The van der Waals surface area contributed by atoms with Crippen molar-refractivity contribution in [1.29, 1.82) is 0 Å². The van der Waals surface area contributed by atoms with Crippen molar-refractivity contribution in [3.05, 3.63) is 34.7 Å². The van der Waals surface area contributed by atoms with Crippen LogP contribution in [0, 0.1) is 6.92 Å². The Hall–Kier alpha value is -1.35. The van der Waals surface area contributed by atoms with Crippen LogP contribution in [-0.4, -0.2) is 4.98 Å². The Bertz CT molecular complexity index is 474. The van der Waals surface area contributed by atoms with E-state index in [1.807, 2.05) is 0 Å². The van der Waals surface area contributed by atoms with Crippen molar-refractivity contribution >= 4 is 16.5 Å². The molecule has 1 aromatic carbocycles. The predicted molar refractivity (Wildman–Crippen MR) is 66.1 cm³/mol. The van der Waals surface area contributed by atoms with E-state index in [1.54, 1.807) is 11.3 Å². The Morgan fingerprint density at radius 3 is 2.87 bits per heavy atom. The van der Waals surface area contributed by atoms with E-state index in [-0.39, 0.29) is 0 Å². The fourth-order valence-corrected chi connectivity index (χ4v) is 2.42. The van der Waals surface area contributed by atoms with E-state index in [0.29, 0.717) is 5.13 Å². The first kappa shape index (κ1) is 10.2. The standard InChI is InChI=1S/C12H14N2S/c1-3-10-11(14-12(13)15-10)9-6-4-5-8(2)7-9/h4-7H,3H2,1-2H3,(H2,13,14). The third-order valence-electron chi connectivity index (χ3n) is 2.33. The second-order valence-corrected chi connectivity index (χ2v) is 4.66. The molecule has 0 saturated heterocycles. The second-order valence-electron chi connectivity index (χ2n) is 3.55. The molecule has 0 aliphatic heterocycles. The van der Waals surface area contributed by atoms with Gasteiger partial charge in [-0.1, -0.05) is 30.7 Å². The highest BCUT2D eigenvalue weighted by atomic mass is 32.1. The third kappa shape index (κ3) is 2.02. The highest BCUT2D eigenvalue weighted by Crippen LogP contribution is 2.30. The molecule has 0 radical (unpaired) electrons. The SMILES string of the molecule is CCc1sc(N)nc1-c1cccc(C)c1. The molecule has 0 aliphatic carbocycles. The highest BCUT2D eigenvalue weighted by molar-refractivity contribution is 7.15. The quantitative estimate of drug-likeness (QED) is 0.840. The van der Waals surface area contributed by atoms with Crippen LogP contribution in [0.3, 0.4) is 0 Å². The zero-order valence-corrected chi connectivity index (χ0v) is 9.77. The van der Waals surface area contributed by atoms with Crippen molar-refractivity contribution in [2.45, 2.75) is 20.3 Å². The van der Waals surface area contributed by atoms with Gasteiger partial charge in [0.05, 0.1) is 5.69 Å². The molecule has 2 N–H and O–H groups in total.